The Labute approximate surface area is 87.3 Å². The number of carboxylic acid groups (broad SMARTS) is 1. The monoisotopic (exact) mass is 211 g/mol. The van der Waals surface area contributed by atoms with Gasteiger partial charge in [-0.15, -0.1) is 0 Å². The normalized spacial score (nSPS) is 12.1. The summed E-state index contributed by atoms with van der Waals surface area (Å²) >= 11 is 0. The number of amides is 1. The average molecular weight is 211 g/mol. The highest BCUT2D eigenvalue weighted by Crippen LogP contribution is 2.17. The minimum atomic E-state index is -1.12. The molecule has 0 aliphatic heterocycles. The number of carbonyl (C=O) groups is 1. The molecular formula is C10H13NO4. The summed E-state index contributed by atoms with van der Waals surface area (Å²) in [4.78, 5) is 10.3. The van der Waals surface area contributed by atoms with Crippen molar-refractivity contribution in [2.24, 2.45) is 0 Å². The Morgan fingerprint density at radius 2 is 2.07 bits per heavy atom. The zero-order chi connectivity index (χ0) is 11.3. The SMILES string of the molecule is CCOC(O)c1ccc(NC(=O)O)cc1. The Kier molecular flexibility index (Phi) is 4.08. The van der Waals surface area contributed by atoms with Crippen molar-refractivity contribution in [2.75, 3.05) is 11.9 Å². The molecule has 0 fully saturated rings. The molecule has 0 aliphatic rings. The van der Waals surface area contributed by atoms with E-state index in [1.165, 1.54) is 0 Å². The highest BCUT2D eigenvalue weighted by molar-refractivity contribution is 5.82. The fourth-order valence-corrected chi connectivity index (χ4v) is 1.11. The van der Waals surface area contributed by atoms with Crippen LogP contribution >= 0.6 is 0 Å². The number of rotatable bonds is 4. The molecule has 5 nitrogen and oxygen atoms in total. The molecule has 0 saturated carbocycles. The van der Waals surface area contributed by atoms with E-state index in [0.717, 1.165) is 0 Å². The van der Waals surface area contributed by atoms with E-state index in [1.54, 1.807) is 31.2 Å². The maximum atomic E-state index is 10.3. The van der Waals surface area contributed by atoms with Gasteiger partial charge in [0.25, 0.3) is 0 Å². The van der Waals surface area contributed by atoms with Crippen molar-refractivity contribution in [3.8, 4) is 0 Å². The topological polar surface area (TPSA) is 78.8 Å². The molecule has 1 unspecified atom stereocenters. The van der Waals surface area contributed by atoms with Gasteiger partial charge in [0.1, 0.15) is 0 Å². The van der Waals surface area contributed by atoms with Crippen LogP contribution in [0, 0.1) is 0 Å². The minimum absolute atomic E-state index is 0.413. The molecule has 1 rings (SSSR count). The van der Waals surface area contributed by atoms with E-state index in [9.17, 15) is 9.90 Å². The maximum Gasteiger partial charge on any atom is 0.409 e. The largest absolute Gasteiger partial charge is 0.465 e. The van der Waals surface area contributed by atoms with Gasteiger partial charge in [-0.05, 0) is 19.1 Å². The predicted molar refractivity (Wildman–Crippen MR) is 54.7 cm³/mol. The van der Waals surface area contributed by atoms with Gasteiger partial charge in [0.15, 0.2) is 6.29 Å². The number of benzene rings is 1. The van der Waals surface area contributed by atoms with Crippen LogP contribution in [-0.2, 0) is 4.74 Å². The molecule has 0 aliphatic carbocycles. The summed E-state index contributed by atoms with van der Waals surface area (Å²) in [5.41, 5.74) is 1.04. The van der Waals surface area contributed by atoms with Crippen molar-refractivity contribution in [2.45, 2.75) is 13.2 Å². The Hall–Kier alpha value is -1.59. The molecule has 82 valence electrons. The summed E-state index contributed by atoms with van der Waals surface area (Å²) in [5, 5.41) is 20.1. The first kappa shape index (κ1) is 11.5. The summed E-state index contributed by atoms with van der Waals surface area (Å²) in [6.07, 6.45) is -2.08. The third-order valence-corrected chi connectivity index (χ3v) is 1.77. The summed E-state index contributed by atoms with van der Waals surface area (Å²) in [6, 6.07) is 6.33. The van der Waals surface area contributed by atoms with Crippen LogP contribution in [0.15, 0.2) is 24.3 Å². The van der Waals surface area contributed by atoms with E-state index in [0.29, 0.717) is 17.9 Å². The van der Waals surface area contributed by atoms with Gasteiger partial charge in [0.2, 0.25) is 0 Å². The number of hydrogen-bond acceptors (Lipinski definition) is 3. The minimum Gasteiger partial charge on any atom is -0.465 e. The van der Waals surface area contributed by atoms with Crippen LogP contribution in [-0.4, -0.2) is 22.9 Å². The van der Waals surface area contributed by atoms with E-state index < -0.39 is 12.4 Å². The molecule has 0 radical (unpaired) electrons. The first-order chi connectivity index (χ1) is 7.13. The third-order valence-electron chi connectivity index (χ3n) is 1.77. The van der Waals surface area contributed by atoms with Crippen molar-refractivity contribution < 1.29 is 19.7 Å². The lowest BCUT2D eigenvalue weighted by Gasteiger charge is -2.10. The molecular weight excluding hydrogens is 198 g/mol. The van der Waals surface area contributed by atoms with Gasteiger partial charge in [-0.2, -0.15) is 0 Å². The van der Waals surface area contributed by atoms with E-state index in [1.807, 2.05) is 0 Å². The second-order valence-electron chi connectivity index (χ2n) is 2.86. The van der Waals surface area contributed by atoms with Crippen LogP contribution in [0.3, 0.4) is 0 Å². The zero-order valence-corrected chi connectivity index (χ0v) is 8.30. The number of ether oxygens (including phenoxy) is 1. The fourth-order valence-electron chi connectivity index (χ4n) is 1.11. The van der Waals surface area contributed by atoms with Crippen LogP contribution in [0.1, 0.15) is 18.8 Å². The Bertz CT molecular complexity index is 323. The van der Waals surface area contributed by atoms with Crippen LogP contribution in [0.4, 0.5) is 10.5 Å². The molecule has 0 saturated heterocycles. The van der Waals surface area contributed by atoms with Crippen LogP contribution in [0.5, 0.6) is 0 Å². The molecule has 0 aromatic heterocycles. The highest BCUT2D eigenvalue weighted by Gasteiger charge is 2.06. The second-order valence-corrected chi connectivity index (χ2v) is 2.86. The molecule has 1 atom stereocenters. The number of anilines is 1. The Morgan fingerprint density at radius 1 is 1.47 bits per heavy atom. The molecule has 1 amide bonds. The highest BCUT2D eigenvalue weighted by atomic mass is 16.6. The summed E-state index contributed by atoms with van der Waals surface area (Å²) in [7, 11) is 0. The number of aliphatic hydroxyl groups is 1. The van der Waals surface area contributed by atoms with Crippen LogP contribution < -0.4 is 5.32 Å². The van der Waals surface area contributed by atoms with Crippen molar-refractivity contribution in [3.63, 3.8) is 0 Å². The number of aliphatic hydroxyl groups excluding tert-OH is 1. The molecule has 0 bridgehead atoms. The van der Waals surface area contributed by atoms with Crippen molar-refractivity contribution in [3.05, 3.63) is 29.8 Å². The van der Waals surface area contributed by atoms with Gasteiger partial charge in [-0.1, -0.05) is 12.1 Å². The van der Waals surface area contributed by atoms with E-state index in [2.05, 4.69) is 5.32 Å². The third kappa shape index (κ3) is 3.57. The number of nitrogens with one attached hydrogen (secondary N) is 1. The maximum absolute atomic E-state index is 10.3. The van der Waals surface area contributed by atoms with Crippen LogP contribution in [0.25, 0.3) is 0 Å². The van der Waals surface area contributed by atoms with Crippen molar-refractivity contribution in [1.29, 1.82) is 0 Å². The van der Waals surface area contributed by atoms with Gasteiger partial charge in [-0.3, -0.25) is 5.32 Å². The summed E-state index contributed by atoms with van der Waals surface area (Å²) in [5.74, 6) is 0. The first-order valence-electron chi connectivity index (χ1n) is 4.53. The smallest absolute Gasteiger partial charge is 0.409 e. The lowest BCUT2D eigenvalue weighted by atomic mass is 10.2. The van der Waals surface area contributed by atoms with E-state index in [4.69, 9.17) is 9.84 Å². The molecule has 1 aromatic rings. The van der Waals surface area contributed by atoms with Gasteiger partial charge < -0.3 is 14.9 Å². The molecule has 1 aromatic carbocycles. The predicted octanol–water partition coefficient (Wildman–Crippen LogP) is 1.80. The van der Waals surface area contributed by atoms with Crippen molar-refractivity contribution >= 4 is 11.8 Å². The molecule has 5 heteroatoms. The zero-order valence-electron chi connectivity index (χ0n) is 8.30. The lowest BCUT2D eigenvalue weighted by molar-refractivity contribution is -0.0979. The van der Waals surface area contributed by atoms with Gasteiger partial charge in [0.05, 0.1) is 0 Å². The van der Waals surface area contributed by atoms with Gasteiger partial charge in [-0.25, -0.2) is 4.79 Å². The fraction of sp³-hybridized carbons (Fsp3) is 0.300. The number of hydrogen-bond donors (Lipinski definition) is 3. The standard InChI is InChI=1S/C10H13NO4/c1-2-15-9(12)7-3-5-8(6-4-7)11-10(13)14/h3-6,9,11-12H,2H2,1H3,(H,13,14). The van der Waals surface area contributed by atoms with E-state index >= 15 is 0 Å². The molecule has 0 spiro atoms. The van der Waals surface area contributed by atoms with Crippen LogP contribution in [0.2, 0.25) is 0 Å². The van der Waals surface area contributed by atoms with Gasteiger partial charge >= 0.3 is 6.09 Å². The lowest BCUT2D eigenvalue weighted by Crippen LogP contribution is -2.07. The van der Waals surface area contributed by atoms with Gasteiger partial charge in [0, 0.05) is 17.9 Å². The Morgan fingerprint density at radius 3 is 2.53 bits per heavy atom. The van der Waals surface area contributed by atoms with E-state index in [-0.39, 0.29) is 0 Å². The summed E-state index contributed by atoms with van der Waals surface area (Å²) in [6.45, 7) is 2.19. The van der Waals surface area contributed by atoms with Crippen molar-refractivity contribution in [1.82, 2.24) is 0 Å². The first-order valence-corrected chi connectivity index (χ1v) is 4.53. The second kappa shape index (κ2) is 5.33. The Balaban J connectivity index is 2.67. The molecule has 3 N–H and O–H groups in total. The molecule has 15 heavy (non-hydrogen) atoms. The summed E-state index contributed by atoms with van der Waals surface area (Å²) < 4.78 is 4.97. The quantitative estimate of drug-likeness (QED) is 0.663. The average Bonchev–Trinajstić information content (AvgIpc) is 2.18. The molecule has 0 heterocycles.